The van der Waals surface area contributed by atoms with Gasteiger partial charge in [-0.3, -0.25) is 0 Å². The Morgan fingerprint density at radius 2 is 1.93 bits per heavy atom. The highest BCUT2D eigenvalue weighted by molar-refractivity contribution is 5.75. The van der Waals surface area contributed by atoms with Crippen LogP contribution in [0.1, 0.15) is 45.4 Å². The molecule has 0 heterocycles. The SMILES string of the molecule is CC(=O)CCC(C1CCCC1)N(C)C. The fourth-order valence-electron chi connectivity index (χ4n) is 2.61. The average Bonchev–Trinajstić information content (AvgIpc) is 2.56. The Labute approximate surface area is 87.7 Å². The van der Waals surface area contributed by atoms with Crippen molar-refractivity contribution < 1.29 is 4.79 Å². The molecule has 0 amide bonds. The van der Waals surface area contributed by atoms with Crippen LogP contribution in [0.15, 0.2) is 0 Å². The molecule has 2 nitrogen and oxygen atoms in total. The number of hydrogen-bond acceptors (Lipinski definition) is 2. The zero-order chi connectivity index (χ0) is 10.6. The molecule has 0 aromatic heterocycles. The third kappa shape index (κ3) is 3.41. The summed E-state index contributed by atoms with van der Waals surface area (Å²) in [6.07, 6.45) is 7.29. The molecule has 0 saturated heterocycles. The van der Waals surface area contributed by atoms with Crippen LogP contribution in [0.2, 0.25) is 0 Å². The number of ketones is 1. The molecule has 1 aliphatic rings. The summed E-state index contributed by atoms with van der Waals surface area (Å²) in [7, 11) is 4.28. The smallest absolute Gasteiger partial charge is 0.129 e. The van der Waals surface area contributed by atoms with Crippen LogP contribution < -0.4 is 0 Å². The van der Waals surface area contributed by atoms with Crippen molar-refractivity contribution in [2.75, 3.05) is 14.1 Å². The maximum absolute atomic E-state index is 11.0. The second-order valence-corrected chi connectivity index (χ2v) is 4.82. The summed E-state index contributed by atoms with van der Waals surface area (Å²) in [6.45, 7) is 1.70. The van der Waals surface area contributed by atoms with Gasteiger partial charge in [-0.1, -0.05) is 12.8 Å². The molecule has 2 heteroatoms. The molecule has 1 unspecified atom stereocenters. The molecule has 0 radical (unpaired) electrons. The van der Waals surface area contributed by atoms with Gasteiger partial charge in [-0.25, -0.2) is 0 Å². The van der Waals surface area contributed by atoms with Crippen LogP contribution in [-0.4, -0.2) is 30.8 Å². The van der Waals surface area contributed by atoms with Gasteiger partial charge in [0.05, 0.1) is 0 Å². The van der Waals surface area contributed by atoms with E-state index in [1.165, 1.54) is 25.7 Å². The first-order valence-corrected chi connectivity index (χ1v) is 5.77. The van der Waals surface area contributed by atoms with E-state index >= 15 is 0 Å². The van der Waals surface area contributed by atoms with E-state index in [1.54, 1.807) is 6.92 Å². The van der Waals surface area contributed by atoms with Crippen LogP contribution in [0.3, 0.4) is 0 Å². The normalized spacial score (nSPS) is 20.3. The average molecular weight is 197 g/mol. The minimum Gasteiger partial charge on any atom is -0.306 e. The summed E-state index contributed by atoms with van der Waals surface area (Å²) in [5.41, 5.74) is 0. The molecule has 1 aliphatic carbocycles. The summed E-state index contributed by atoms with van der Waals surface area (Å²) in [5.74, 6) is 1.17. The molecule has 0 aromatic carbocycles. The summed E-state index contributed by atoms with van der Waals surface area (Å²) in [4.78, 5) is 13.3. The standard InChI is InChI=1S/C12H23NO/c1-10(14)8-9-12(13(2)3)11-6-4-5-7-11/h11-12H,4-9H2,1-3H3. The molecular weight excluding hydrogens is 174 g/mol. The molecule has 14 heavy (non-hydrogen) atoms. The van der Waals surface area contributed by atoms with Crippen molar-refractivity contribution >= 4 is 5.78 Å². The van der Waals surface area contributed by atoms with Crippen LogP contribution in [-0.2, 0) is 4.79 Å². The monoisotopic (exact) mass is 197 g/mol. The Morgan fingerprint density at radius 3 is 2.36 bits per heavy atom. The van der Waals surface area contributed by atoms with Crippen LogP contribution >= 0.6 is 0 Å². The van der Waals surface area contributed by atoms with Gasteiger partial charge in [0.15, 0.2) is 0 Å². The fraction of sp³-hybridized carbons (Fsp3) is 0.917. The number of carbonyl (C=O) groups is 1. The Morgan fingerprint density at radius 1 is 1.36 bits per heavy atom. The van der Waals surface area contributed by atoms with E-state index in [-0.39, 0.29) is 0 Å². The van der Waals surface area contributed by atoms with Crippen molar-refractivity contribution in [2.24, 2.45) is 5.92 Å². The van der Waals surface area contributed by atoms with Crippen molar-refractivity contribution in [3.63, 3.8) is 0 Å². The highest BCUT2D eigenvalue weighted by Crippen LogP contribution is 2.31. The van der Waals surface area contributed by atoms with Gasteiger partial charge in [-0.15, -0.1) is 0 Å². The van der Waals surface area contributed by atoms with Gasteiger partial charge in [0.2, 0.25) is 0 Å². The minimum absolute atomic E-state index is 0.329. The van der Waals surface area contributed by atoms with E-state index in [9.17, 15) is 4.79 Å². The van der Waals surface area contributed by atoms with Crippen molar-refractivity contribution in [3.8, 4) is 0 Å². The van der Waals surface area contributed by atoms with Gasteiger partial charge in [0.1, 0.15) is 5.78 Å². The van der Waals surface area contributed by atoms with Gasteiger partial charge in [-0.2, -0.15) is 0 Å². The lowest BCUT2D eigenvalue weighted by molar-refractivity contribution is -0.117. The highest BCUT2D eigenvalue weighted by Gasteiger charge is 2.26. The van der Waals surface area contributed by atoms with E-state index in [0.717, 1.165) is 18.8 Å². The van der Waals surface area contributed by atoms with E-state index in [2.05, 4.69) is 19.0 Å². The van der Waals surface area contributed by atoms with E-state index in [0.29, 0.717) is 11.8 Å². The molecule has 0 aliphatic heterocycles. The van der Waals surface area contributed by atoms with Gasteiger partial charge in [0, 0.05) is 12.5 Å². The van der Waals surface area contributed by atoms with Crippen molar-refractivity contribution in [3.05, 3.63) is 0 Å². The number of Topliss-reactive ketones (excluding diaryl/α,β-unsaturated/α-hetero) is 1. The first-order valence-electron chi connectivity index (χ1n) is 5.77. The molecule has 1 fully saturated rings. The summed E-state index contributed by atoms with van der Waals surface area (Å²) in [6, 6.07) is 0.626. The Bertz CT molecular complexity index is 183. The van der Waals surface area contributed by atoms with Gasteiger partial charge >= 0.3 is 0 Å². The molecule has 0 N–H and O–H groups in total. The lowest BCUT2D eigenvalue weighted by atomic mass is 9.92. The lowest BCUT2D eigenvalue weighted by Gasteiger charge is -2.29. The summed E-state index contributed by atoms with van der Waals surface area (Å²) >= 11 is 0. The Kier molecular flexibility index (Phi) is 4.59. The van der Waals surface area contributed by atoms with Gasteiger partial charge in [0.25, 0.3) is 0 Å². The maximum Gasteiger partial charge on any atom is 0.129 e. The van der Waals surface area contributed by atoms with E-state index in [4.69, 9.17) is 0 Å². The first kappa shape index (κ1) is 11.7. The van der Waals surface area contributed by atoms with Gasteiger partial charge < -0.3 is 9.69 Å². The first-order chi connectivity index (χ1) is 6.61. The minimum atomic E-state index is 0.329. The third-order valence-corrected chi connectivity index (χ3v) is 3.40. The van der Waals surface area contributed by atoms with E-state index in [1.807, 2.05) is 0 Å². The lowest BCUT2D eigenvalue weighted by Crippen LogP contribution is -2.34. The third-order valence-electron chi connectivity index (χ3n) is 3.40. The number of rotatable bonds is 5. The summed E-state index contributed by atoms with van der Waals surface area (Å²) < 4.78 is 0. The Balaban J connectivity index is 2.41. The quantitative estimate of drug-likeness (QED) is 0.675. The van der Waals surface area contributed by atoms with E-state index < -0.39 is 0 Å². The maximum atomic E-state index is 11.0. The molecule has 0 bridgehead atoms. The molecule has 82 valence electrons. The molecule has 1 atom stereocenters. The molecule has 0 spiro atoms. The largest absolute Gasteiger partial charge is 0.306 e. The summed E-state index contributed by atoms with van der Waals surface area (Å²) in [5, 5.41) is 0. The fourth-order valence-corrected chi connectivity index (χ4v) is 2.61. The highest BCUT2D eigenvalue weighted by atomic mass is 16.1. The molecular formula is C12H23NO. The van der Waals surface area contributed by atoms with Crippen LogP contribution in [0.5, 0.6) is 0 Å². The number of hydrogen-bond donors (Lipinski definition) is 0. The molecule has 1 rings (SSSR count). The molecule has 1 saturated carbocycles. The second kappa shape index (κ2) is 5.50. The topological polar surface area (TPSA) is 20.3 Å². The van der Waals surface area contributed by atoms with Gasteiger partial charge in [-0.05, 0) is 46.2 Å². The van der Waals surface area contributed by atoms with Crippen LogP contribution in [0.4, 0.5) is 0 Å². The van der Waals surface area contributed by atoms with Crippen molar-refractivity contribution in [1.82, 2.24) is 4.90 Å². The van der Waals surface area contributed by atoms with Crippen LogP contribution in [0, 0.1) is 5.92 Å². The predicted octanol–water partition coefficient (Wildman–Crippen LogP) is 2.48. The number of nitrogens with zero attached hydrogens (tertiary/aromatic N) is 1. The zero-order valence-corrected chi connectivity index (χ0v) is 9.75. The second-order valence-electron chi connectivity index (χ2n) is 4.82. The Hall–Kier alpha value is -0.370. The number of carbonyl (C=O) groups excluding carboxylic acids is 1. The predicted molar refractivity (Wildman–Crippen MR) is 59.3 cm³/mol. The zero-order valence-electron chi connectivity index (χ0n) is 9.75. The van der Waals surface area contributed by atoms with Crippen LogP contribution in [0.25, 0.3) is 0 Å². The van der Waals surface area contributed by atoms with Crippen molar-refractivity contribution in [1.29, 1.82) is 0 Å². The molecule has 0 aromatic rings. The van der Waals surface area contributed by atoms with Crippen molar-refractivity contribution in [2.45, 2.75) is 51.5 Å².